The van der Waals surface area contributed by atoms with E-state index in [1.807, 2.05) is 0 Å². The Labute approximate surface area is 180 Å². The number of carbonyl (C=O) groups is 2. The zero-order valence-corrected chi connectivity index (χ0v) is 17.7. The molecule has 2 aromatic carbocycles. The number of amides is 2. The van der Waals surface area contributed by atoms with E-state index in [0.29, 0.717) is 23.6 Å². The number of hydrogen-bond donors (Lipinski definition) is 2. The van der Waals surface area contributed by atoms with E-state index in [-0.39, 0.29) is 29.5 Å². The highest BCUT2D eigenvalue weighted by Gasteiger charge is 2.39. The average molecular weight is 448 g/mol. The largest absolute Gasteiger partial charge is 0.349 e. The summed E-state index contributed by atoms with van der Waals surface area (Å²) < 4.78 is 27.3. The number of benzene rings is 2. The fraction of sp³-hybridized carbons (Fsp3) is 0.238. The van der Waals surface area contributed by atoms with Gasteiger partial charge in [-0.05, 0) is 49.2 Å². The van der Waals surface area contributed by atoms with Gasteiger partial charge in [-0.25, -0.2) is 8.42 Å². The van der Waals surface area contributed by atoms with Gasteiger partial charge in [0, 0.05) is 18.1 Å². The Kier molecular flexibility index (Phi) is 6.91. The van der Waals surface area contributed by atoms with Crippen LogP contribution in [0.2, 0.25) is 5.02 Å². The molecule has 0 bridgehead atoms. The molecule has 1 aliphatic rings. The number of rotatable bonds is 7. The van der Waals surface area contributed by atoms with Crippen LogP contribution in [0.3, 0.4) is 0 Å². The van der Waals surface area contributed by atoms with E-state index in [4.69, 9.17) is 11.6 Å². The predicted molar refractivity (Wildman–Crippen MR) is 116 cm³/mol. The number of nitrogens with one attached hydrogen (secondary N) is 2. The molecule has 0 unspecified atom stereocenters. The number of hydrogen-bond acceptors (Lipinski definition) is 4. The van der Waals surface area contributed by atoms with E-state index in [0.717, 1.165) is 0 Å². The monoisotopic (exact) mass is 447 g/mol. The van der Waals surface area contributed by atoms with Crippen LogP contribution < -0.4 is 10.6 Å². The molecule has 9 heteroatoms. The minimum Gasteiger partial charge on any atom is -0.349 e. The zero-order chi connectivity index (χ0) is 21.7. The van der Waals surface area contributed by atoms with Crippen LogP contribution in [-0.4, -0.2) is 43.7 Å². The molecule has 7 nitrogen and oxygen atoms in total. The number of carbonyl (C=O) groups excluding carboxylic acids is 2. The number of para-hydroxylation sites is 1. The van der Waals surface area contributed by atoms with Crippen molar-refractivity contribution in [3.05, 3.63) is 71.8 Å². The fourth-order valence-electron chi connectivity index (χ4n) is 3.30. The van der Waals surface area contributed by atoms with Crippen LogP contribution in [-0.2, 0) is 14.8 Å². The third kappa shape index (κ3) is 4.72. The Balaban J connectivity index is 1.81. The van der Waals surface area contributed by atoms with Crippen LogP contribution >= 0.6 is 11.6 Å². The second kappa shape index (κ2) is 9.42. The van der Waals surface area contributed by atoms with E-state index in [1.165, 1.54) is 28.6 Å². The molecule has 0 radical (unpaired) electrons. The van der Waals surface area contributed by atoms with Gasteiger partial charge in [0.2, 0.25) is 15.9 Å². The summed E-state index contributed by atoms with van der Waals surface area (Å²) in [5, 5.41) is 5.81. The van der Waals surface area contributed by atoms with E-state index >= 15 is 0 Å². The lowest BCUT2D eigenvalue weighted by Gasteiger charge is -2.24. The first-order chi connectivity index (χ1) is 14.3. The number of halogens is 1. The molecule has 1 fully saturated rings. The molecule has 30 heavy (non-hydrogen) atoms. The molecular formula is C21H22ClN3O4S. The van der Waals surface area contributed by atoms with Crippen LogP contribution in [0, 0.1) is 0 Å². The molecule has 0 aliphatic carbocycles. The molecule has 0 saturated carbocycles. The summed E-state index contributed by atoms with van der Waals surface area (Å²) in [4.78, 5) is 25.4. The number of anilines is 1. The van der Waals surface area contributed by atoms with Crippen LogP contribution in [0.1, 0.15) is 23.2 Å². The van der Waals surface area contributed by atoms with Crippen molar-refractivity contribution in [2.24, 2.45) is 0 Å². The van der Waals surface area contributed by atoms with Crippen LogP contribution in [0.25, 0.3) is 0 Å². The first-order valence-corrected chi connectivity index (χ1v) is 11.2. The zero-order valence-electron chi connectivity index (χ0n) is 16.2. The van der Waals surface area contributed by atoms with Crippen molar-refractivity contribution in [1.82, 2.24) is 9.62 Å². The lowest BCUT2D eigenvalue weighted by Crippen LogP contribution is -2.43. The van der Waals surface area contributed by atoms with Gasteiger partial charge in [0.25, 0.3) is 5.91 Å². The van der Waals surface area contributed by atoms with Gasteiger partial charge in [0.1, 0.15) is 6.04 Å². The SMILES string of the molecule is C=CCNC(=O)c1ccccc1NC(=O)[C@H]1CCCN1S(=O)(=O)c1ccc(Cl)cc1. The topological polar surface area (TPSA) is 95.6 Å². The normalized spacial score (nSPS) is 16.8. The summed E-state index contributed by atoms with van der Waals surface area (Å²) in [5.74, 6) is -0.836. The van der Waals surface area contributed by atoms with Crippen LogP contribution in [0.4, 0.5) is 5.69 Å². The second-order valence-corrected chi connectivity index (χ2v) is 9.09. The minimum absolute atomic E-state index is 0.0794. The van der Waals surface area contributed by atoms with E-state index in [9.17, 15) is 18.0 Å². The van der Waals surface area contributed by atoms with Gasteiger partial charge in [-0.2, -0.15) is 4.31 Å². The Bertz CT molecular complexity index is 1050. The second-order valence-electron chi connectivity index (χ2n) is 6.76. The van der Waals surface area contributed by atoms with Gasteiger partial charge in [0.15, 0.2) is 0 Å². The summed E-state index contributed by atoms with van der Waals surface area (Å²) in [5.41, 5.74) is 0.609. The fourth-order valence-corrected chi connectivity index (χ4v) is 5.08. The molecule has 1 heterocycles. The molecule has 3 rings (SSSR count). The molecule has 2 aromatic rings. The highest BCUT2D eigenvalue weighted by atomic mass is 35.5. The highest BCUT2D eigenvalue weighted by molar-refractivity contribution is 7.89. The van der Waals surface area contributed by atoms with Gasteiger partial charge in [-0.1, -0.05) is 29.8 Å². The standard InChI is InChI=1S/C21H22ClN3O4S/c1-2-13-23-20(26)17-6-3-4-7-18(17)24-21(27)19-8-5-14-25(19)30(28,29)16-11-9-15(22)10-12-16/h2-4,6-7,9-12,19H,1,5,8,13-14H2,(H,23,26)(H,24,27)/t19-/m1/s1. The smallest absolute Gasteiger partial charge is 0.253 e. The van der Waals surface area contributed by atoms with Crippen molar-refractivity contribution >= 4 is 39.1 Å². The highest BCUT2D eigenvalue weighted by Crippen LogP contribution is 2.28. The van der Waals surface area contributed by atoms with Crippen molar-refractivity contribution < 1.29 is 18.0 Å². The molecule has 2 N–H and O–H groups in total. The minimum atomic E-state index is -3.86. The molecule has 2 amide bonds. The van der Waals surface area contributed by atoms with Crippen molar-refractivity contribution in [3.63, 3.8) is 0 Å². The van der Waals surface area contributed by atoms with Crippen molar-refractivity contribution in [3.8, 4) is 0 Å². The molecule has 1 saturated heterocycles. The maximum Gasteiger partial charge on any atom is 0.253 e. The molecule has 1 atom stereocenters. The molecule has 0 spiro atoms. The van der Waals surface area contributed by atoms with Gasteiger partial charge < -0.3 is 10.6 Å². The maximum absolute atomic E-state index is 13.0. The van der Waals surface area contributed by atoms with Gasteiger partial charge >= 0.3 is 0 Å². The number of sulfonamides is 1. The summed E-state index contributed by atoms with van der Waals surface area (Å²) in [6, 6.07) is 11.5. The molecular weight excluding hydrogens is 426 g/mol. The Morgan fingerprint density at radius 3 is 2.57 bits per heavy atom. The lowest BCUT2D eigenvalue weighted by molar-refractivity contribution is -0.119. The Morgan fingerprint density at radius 2 is 1.87 bits per heavy atom. The van der Waals surface area contributed by atoms with Crippen molar-refractivity contribution in [2.75, 3.05) is 18.4 Å². The van der Waals surface area contributed by atoms with E-state index < -0.39 is 22.0 Å². The van der Waals surface area contributed by atoms with Crippen molar-refractivity contribution in [1.29, 1.82) is 0 Å². The van der Waals surface area contributed by atoms with Crippen LogP contribution in [0.5, 0.6) is 0 Å². The molecule has 158 valence electrons. The predicted octanol–water partition coefficient (Wildman–Crippen LogP) is 3.05. The van der Waals surface area contributed by atoms with E-state index in [2.05, 4.69) is 17.2 Å². The molecule has 0 aromatic heterocycles. The summed E-state index contributed by atoms with van der Waals surface area (Å²) in [7, 11) is -3.86. The van der Waals surface area contributed by atoms with Gasteiger partial charge in [-0.3, -0.25) is 9.59 Å². The third-order valence-electron chi connectivity index (χ3n) is 4.76. The van der Waals surface area contributed by atoms with E-state index in [1.54, 1.807) is 30.3 Å². The Morgan fingerprint density at radius 1 is 1.17 bits per heavy atom. The lowest BCUT2D eigenvalue weighted by atomic mass is 10.1. The van der Waals surface area contributed by atoms with Gasteiger partial charge in [-0.15, -0.1) is 6.58 Å². The van der Waals surface area contributed by atoms with Gasteiger partial charge in [0.05, 0.1) is 16.1 Å². The quantitative estimate of drug-likeness (QED) is 0.637. The summed E-state index contributed by atoms with van der Waals surface area (Å²) in [6.45, 7) is 4.09. The Hall–Kier alpha value is -2.68. The van der Waals surface area contributed by atoms with Crippen molar-refractivity contribution in [2.45, 2.75) is 23.8 Å². The third-order valence-corrected chi connectivity index (χ3v) is 6.94. The first-order valence-electron chi connectivity index (χ1n) is 9.41. The number of nitrogens with zero attached hydrogens (tertiary/aromatic N) is 1. The average Bonchev–Trinajstić information content (AvgIpc) is 3.24. The van der Waals surface area contributed by atoms with Crippen LogP contribution in [0.15, 0.2) is 66.1 Å². The summed E-state index contributed by atoms with van der Waals surface area (Å²) >= 11 is 5.85. The molecule has 1 aliphatic heterocycles. The summed E-state index contributed by atoms with van der Waals surface area (Å²) in [6.07, 6.45) is 2.51. The first kappa shape index (κ1) is 22.0. The maximum atomic E-state index is 13.0.